The first-order valence-electron chi connectivity index (χ1n) is 9.61. The van der Waals surface area contributed by atoms with Gasteiger partial charge in [-0.3, -0.25) is 0 Å². The first-order chi connectivity index (χ1) is 13.7. The summed E-state index contributed by atoms with van der Waals surface area (Å²) in [6.45, 7) is 2.86. The molecule has 28 heavy (non-hydrogen) atoms. The molecule has 0 N–H and O–H groups in total. The molecule has 3 aromatic rings. The number of hydrogen-bond acceptors (Lipinski definition) is 3. The SMILES string of the molecule is CCCCOc1ccc(/C=C2/C=C(c3cccc4ccccc34)OC2=O)cc1. The third-order valence-corrected chi connectivity index (χ3v) is 4.75. The molecule has 0 atom stereocenters. The van der Waals surface area contributed by atoms with E-state index in [1.165, 1.54) is 0 Å². The number of benzene rings is 3. The maximum atomic E-state index is 12.4. The summed E-state index contributed by atoms with van der Waals surface area (Å²) in [7, 11) is 0. The topological polar surface area (TPSA) is 35.5 Å². The quantitative estimate of drug-likeness (QED) is 0.303. The minimum absolute atomic E-state index is 0.328. The minimum Gasteiger partial charge on any atom is -0.494 e. The Bertz CT molecular complexity index is 1050. The molecule has 3 nitrogen and oxygen atoms in total. The Kier molecular flexibility index (Phi) is 5.24. The van der Waals surface area contributed by atoms with Crippen molar-refractivity contribution in [1.29, 1.82) is 0 Å². The molecular weight excluding hydrogens is 348 g/mol. The molecule has 0 spiro atoms. The van der Waals surface area contributed by atoms with Crippen LogP contribution in [0.4, 0.5) is 0 Å². The number of hydrogen-bond donors (Lipinski definition) is 0. The molecule has 0 unspecified atom stereocenters. The standard InChI is InChI=1S/C25H22O3/c1-2-3-15-27-21-13-11-18(12-14-21)16-20-17-24(28-25(20)26)23-10-6-8-19-7-4-5-9-22(19)23/h4-14,16-17H,2-3,15H2,1H3/b20-16-. The summed E-state index contributed by atoms with van der Waals surface area (Å²) >= 11 is 0. The molecule has 0 bridgehead atoms. The van der Waals surface area contributed by atoms with Crippen LogP contribution in [0.25, 0.3) is 22.6 Å². The van der Waals surface area contributed by atoms with E-state index in [1.54, 1.807) is 0 Å². The summed E-state index contributed by atoms with van der Waals surface area (Å²) in [6.07, 6.45) is 5.81. The van der Waals surface area contributed by atoms with E-state index < -0.39 is 0 Å². The van der Waals surface area contributed by atoms with Gasteiger partial charge in [-0.05, 0) is 47.0 Å². The van der Waals surface area contributed by atoms with E-state index in [4.69, 9.17) is 9.47 Å². The Morgan fingerprint density at radius 2 is 1.75 bits per heavy atom. The smallest absolute Gasteiger partial charge is 0.343 e. The molecule has 3 aromatic carbocycles. The lowest BCUT2D eigenvalue weighted by molar-refractivity contribution is -0.130. The summed E-state index contributed by atoms with van der Waals surface area (Å²) in [5.41, 5.74) is 2.40. The molecule has 0 fully saturated rings. The highest BCUT2D eigenvalue weighted by Gasteiger charge is 2.23. The number of fused-ring (bicyclic) bond motifs is 1. The molecule has 0 aliphatic carbocycles. The lowest BCUT2D eigenvalue weighted by Crippen LogP contribution is -1.98. The minimum atomic E-state index is -0.328. The number of carbonyl (C=O) groups excluding carboxylic acids is 1. The zero-order valence-corrected chi connectivity index (χ0v) is 15.9. The van der Waals surface area contributed by atoms with Crippen molar-refractivity contribution >= 4 is 28.6 Å². The van der Waals surface area contributed by atoms with Crippen molar-refractivity contribution in [2.75, 3.05) is 6.61 Å². The van der Waals surface area contributed by atoms with E-state index >= 15 is 0 Å². The summed E-state index contributed by atoms with van der Waals surface area (Å²) in [6, 6.07) is 21.8. The summed E-state index contributed by atoms with van der Waals surface area (Å²) < 4.78 is 11.2. The van der Waals surface area contributed by atoms with Gasteiger partial charge >= 0.3 is 5.97 Å². The van der Waals surface area contributed by atoms with E-state index in [0.29, 0.717) is 11.3 Å². The fourth-order valence-corrected chi connectivity index (χ4v) is 3.24. The van der Waals surface area contributed by atoms with Gasteiger partial charge in [0.1, 0.15) is 11.5 Å². The zero-order chi connectivity index (χ0) is 19.3. The molecule has 0 aromatic heterocycles. The van der Waals surface area contributed by atoms with Crippen LogP contribution >= 0.6 is 0 Å². The van der Waals surface area contributed by atoms with E-state index in [0.717, 1.165) is 47.1 Å². The highest BCUT2D eigenvalue weighted by atomic mass is 16.5. The van der Waals surface area contributed by atoms with Gasteiger partial charge in [-0.25, -0.2) is 4.79 Å². The largest absolute Gasteiger partial charge is 0.494 e. The van der Waals surface area contributed by atoms with Crippen molar-refractivity contribution < 1.29 is 14.3 Å². The summed E-state index contributed by atoms with van der Waals surface area (Å²) in [5, 5.41) is 2.19. The molecule has 4 rings (SSSR count). The van der Waals surface area contributed by atoms with E-state index in [2.05, 4.69) is 19.1 Å². The number of esters is 1. The van der Waals surface area contributed by atoms with E-state index in [1.807, 2.05) is 66.7 Å². The van der Waals surface area contributed by atoms with Gasteiger partial charge in [0.15, 0.2) is 0 Å². The highest BCUT2D eigenvalue weighted by molar-refractivity contribution is 6.07. The second-order valence-electron chi connectivity index (χ2n) is 6.80. The number of cyclic esters (lactones) is 1. The number of ether oxygens (including phenoxy) is 2. The first-order valence-corrected chi connectivity index (χ1v) is 9.61. The van der Waals surface area contributed by atoms with Crippen LogP contribution in [0.1, 0.15) is 30.9 Å². The molecular formula is C25H22O3. The van der Waals surface area contributed by atoms with Crippen molar-refractivity contribution in [1.82, 2.24) is 0 Å². The van der Waals surface area contributed by atoms with Gasteiger partial charge in [-0.1, -0.05) is 67.9 Å². The average Bonchev–Trinajstić information content (AvgIpc) is 3.09. The summed E-state index contributed by atoms with van der Waals surface area (Å²) in [5.74, 6) is 1.11. The molecule has 140 valence electrons. The third-order valence-electron chi connectivity index (χ3n) is 4.75. The van der Waals surface area contributed by atoms with Crippen LogP contribution in [0.3, 0.4) is 0 Å². The lowest BCUT2D eigenvalue weighted by atomic mass is 10.0. The molecule has 0 amide bonds. The van der Waals surface area contributed by atoms with Gasteiger partial charge in [0.2, 0.25) is 0 Å². The van der Waals surface area contributed by atoms with Gasteiger partial charge < -0.3 is 9.47 Å². The molecule has 0 saturated heterocycles. The maximum Gasteiger partial charge on any atom is 0.343 e. The molecule has 1 aliphatic heterocycles. The van der Waals surface area contributed by atoms with Gasteiger partial charge in [0.25, 0.3) is 0 Å². The number of unbranched alkanes of at least 4 members (excludes halogenated alkanes) is 1. The second kappa shape index (κ2) is 8.13. The van der Waals surface area contributed by atoms with Crippen LogP contribution in [0, 0.1) is 0 Å². The van der Waals surface area contributed by atoms with Gasteiger partial charge in [0.05, 0.1) is 12.2 Å². The molecule has 0 radical (unpaired) electrons. The normalized spacial score (nSPS) is 15.0. The van der Waals surface area contributed by atoms with Gasteiger partial charge in [-0.15, -0.1) is 0 Å². The molecule has 0 saturated carbocycles. The van der Waals surface area contributed by atoms with Crippen LogP contribution in [-0.4, -0.2) is 12.6 Å². The van der Waals surface area contributed by atoms with Crippen molar-refractivity contribution in [2.45, 2.75) is 19.8 Å². The first kappa shape index (κ1) is 18.1. The fraction of sp³-hybridized carbons (Fsp3) is 0.160. The van der Waals surface area contributed by atoms with Crippen molar-refractivity contribution in [2.24, 2.45) is 0 Å². The molecule has 1 heterocycles. The highest BCUT2D eigenvalue weighted by Crippen LogP contribution is 2.32. The van der Waals surface area contributed by atoms with E-state index in [-0.39, 0.29) is 5.97 Å². The van der Waals surface area contributed by atoms with Crippen molar-refractivity contribution in [3.8, 4) is 5.75 Å². The van der Waals surface area contributed by atoms with Crippen LogP contribution in [0.15, 0.2) is 78.4 Å². The predicted octanol–water partition coefficient (Wildman–Crippen LogP) is 6.00. The van der Waals surface area contributed by atoms with Gasteiger partial charge in [-0.2, -0.15) is 0 Å². The Labute approximate surface area is 164 Å². The predicted molar refractivity (Wildman–Crippen MR) is 113 cm³/mol. The fourth-order valence-electron chi connectivity index (χ4n) is 3.24. The third kappa shape index (κ3) is 3.84. The Morgan fingerprint density at radius 3 is 2.57 bits per heavy atom. The van der Waals surface area contributed by atoms with Crippen LogP contribution < -0.4 is 4.74 Å². The van der Waals surface area contributed by atoms with Crippen LogP contribution in [0.2, 0.25) is 0 Å². The lowest BCUT2D eigenvalue weighted by Gasteiger charge is -2.06. The van der Waals surface area contributed by atoms with Crippen LogP contribution in [-0.2, 0) is 9.53 Å². The van der Waals surface area contributed by atoms with Crippen molar-refractivity contribution in [3.05, 3.63) is 89.5 Å². The Hall–Kier alpha value is -3.33. The van der Waals surface area contributed by atoms with Gasteiger partial charge in [0, 0.05) is 5.56 Å². The number of rotatable bonds is 6. The maximum absolute atomic E-state index is 12.4. The Balaban J connectivity index is 1.58. The van der Waals surface area contributed by atoms with Crippen LogP contribution in [0.5, 0.6) is 5.75 Å². The monoisotopic (exact) mass is 370 g/mol. The number of carbonyl (C=O) groups is 1. The summed E-state index contributed by atoms with van der Waals surface area (Å²) in [4.78, 5) is 12.4. The average molecular weight is 370 g/mol. The van der Waals surface area contributed by atoms with E-state index in [9.17, 15) is 4.79 Å². The van der Waals surface area contributed by atoms with Crippen molar-refractivity contribution in [3.63, 3.8) is 0 Å². The second-order valence-corrected chi connectivity index (χ2v) is 6.80. The molecule has 1 aliphatic rings. The molecule has 3 heteroatoms. The Morgan fingerprint density at radius 1 is 0.964 bits per heavy atom. The zero-order valence-electron chi connectivity index (χ0n) is 15.9.